The van der Waals surface area contributed by atoms with E-state index in [1.807, 2.05) is 4.90 Å². The van der Waals surface area contributed by atoms with Crippen molar-refractivity contribution in [3.8, 4) is 5.75 Å². The van der Waals surface area contributed by atoms with Crippen molar-refractivity contribution < 1.29 is 19.4 Å². The summed E-state index contributed by atoms with van der Waals surface area (Å²) in [6.45, 7) is 1.29. The minimum Gasteiger partial charge on any atom is -0.497 e. The average Bonchev–Trinajstić information content (AvgIpc) is 3.21. The lowest BCUT2D eigenvalue weighted by Crippen LogP contribution is -2.39. The van der Waals surface area contributed by atoms with Gasteiger partial charge in [-0.1, -0.05) is 0 Å². The van der Waals surface area contributed by atoms with Gasteiger partial charge in [0.25, 0.3) is 5.91 Å². The molecule has 1 atom stereocenters. The van der Waals surface area contributed by atoms with Crippen molar-refractivity contribution in [3.63, 3.8) is 0 Å². The third-order valence-corrected chi connectivity index (χ3v) is 4.87. The molecule has 1 saturated heterocycles. The first-order valence-corrected chi connectivity index (χ1v) is 7.22. The number of methoxy groups -OCH3 is 1. The predicted molar refractivity (Wildman–Crippen MR) is 76.3 cm³/mol. The van der Waals surface area contributed by atoms with Crippen LogP contribution in [0.4, 0.5) is 0 Å². The molecule has 1 saturated carbocycles. The number of likely N-dealkylation sites (tertiary alicyclic amines) is 1. The maximum absolute atomic E-state index is 12.4. The maximum atomic E-state index is 12.4. The number of piperidine rings is 1. The molecule has 5 heteroatoms. The number of ether oxygens (including phenoxy) is 1. The second-order valence-corrected chi connectivity index (χ2v) is 5.98. The van der Waals surface area contributed by atoms with E-state index < -0.39 is 5.97 Å². The first-order chi connectivity index (χ1) is 10.1. The Balaban J connectivity index is 1.61. The molecule has 0 bridgehead atoms. The normalized spacial score (nSPS) is 22.9. The van der Waals surface area contributed by atoms with E-state index in [0.29, 0.717) is 18.7 Å². The largest absolute Gasteiger partial charge is 0.497 e. The number of carbonyl (C=O) groups excluding carboxylic acids is 1. The molecule has 1 unspecified atom stereocenters. The van der Waals surface area contributed by atoms with Crippen LogP contribution in [0.3, 0.4) is 0 Å². The fourth-order valence-electron chi connectivity index (χ4n) is 3.32. The highest BCUT2D eigenvalue weighted by Crippen LogP contribution is 2.59. The number of benzene rings is 1. The molecule has 112 valence electrons. The van der Waals surface area contributed by atoms with Crippen molar-refractivity contribution in [3.05, 3.63) is 29.8 Å². The first kappa shape index (κ1) is 13.9. The monoisotopic (exact) mass is 289 g/mol. The molecular weight excluding hydrogens is 270 g/mol. The lowest BCUT2D eigenvalue weighted by Gasteiger charge is -2.32. The SMILES string of the molecule is COc1ccc(C(=O)N2CCC3(CC2)CC3C(=O)O)cc1. The van der Waals surface area contributed by atoms with Crippen LogP contribution in [0.5, 0.6) is 5.75 Å². The minimum atomic E-state index is -0.690. The quantitative estimate of drug-likeness (QED) is 0.924. The Bertz CT molecular complexity index is 558. The number of nitrogens with zero attached hydrogens (tertiary/aromatic N) is 1. The van der Waals surface area contributed by atoms with E-state index in [-0.39, 0.29) is 17.2 Å². The van der Waals surface area contributed by atoms with Gasteiger partial charge in [-0.05, 0) is 48.9 Å². The van der Waals surface area contributed by atoms with E-state index in [2.05, 4.69) is 0 Å². The third kappa shape index (κ3) is 2.48. The molecule has 2 fully saturated rings. The highest BCUT2D eigenvalue weighted by atomic mass is 16.5. The Morgan fingerprint density at radius 1 is 1.24 bits per heavy atom. The Labute approximate surface area is 123 Å². The molecule has 1 aliphatic heterocycles. The van der Waals surface area contributed by atoms with Crippen LogP contribution < -0.4 is 4.74 Å². The van der Waals surface area contributed by atoms with Crippen molar-refractivity contribution in [2.45, 2.75) is 19.3 Å². The summed E-state index contributed by atoms with van der Waals surface area (Å²) in [4.78, 5) is 25.3. The topological polar surface area (TPSA) is 66.8 Å². The number of carbonyl (C=O) groups is 2. The number of carboxylic acid groups (broad SMARTS) is 1. The predicted octanol–water partition coefficient (Wildman–Crippen LogP) is 2.02. The average molecular weight is 289 g/mol. The summed E-state index contributed by atoms with van der Waals surface area (Å²) in [5, 5.41) is 9.08. The number of rotatable bonds is 3. The van der Waals surface area contributed by atoms with Gasteiger partial charge in [0.05, 0.1) is 13.0 Å². The summed E-state index contributed by atoms with van der Waals surface area (Å²) in [7, 11) is 1.59. The van der Waals surface area contributed by atoms with Gasteiger partial charge in [0.2, 0.25) is 0 Å². The van der Waals surface area contributed by atoms with E-state index in [1.165, 1.54) is 0 Å². The molecule has 1 heterocycles. The number of hydrogen-bond acceptors (Lipinski definition) is 3. The number of carboxylic acids is 1. The van der Waals surface area contributed by atoms with Crippen LogP contribution in [0.25, 0.3) is 0 Å². The number of amides is 1. The van der Waals surface area contributed by atoms with Crippen molar-refractivity contribution in [2.24, 2.45) is 11.3 Å². The van der Waals surface area contributed by atoms with Crippen LogP contribution in [0.1, 0.15) is 29.6 Å². The lowest BCUT2D eigenvalue weighted by atomic mass is 9.90. The number of hydrogen-bond donors (Lipinski definition) is 1. The second-order valence-electron chi connectivity index (χ2n) is 5.98. The van der Waals surface area contributed by atoms with Gasteiger partial charge in [0.15, 0.2) is 0 Å². The van der Waals surface area contributed by atoms with E-state index in [0.717, 1.165) is 25.0 Å². The molecular formula is C16H19NO4. The molecule has 3 rings (SSSR count). The molecule has 1 spiro atoms. The van der Waals surface area contributed by atoms with Gasteiger partial charge in [-0.15, -0.1) is 0 Å². The minimum absolute atomic E-state index is 0.0139. The van der Waals surface area contributed by atoms with Gasteiger partial charge < -0.3 is 14.7 Å². The maximum Gasteiger partial charge on any atom is 0.307 e. The van der Waals surface area contributed by atoms with Crippen molar-refractivity contribution in [1.82, 2.24) is 4.90 Å². The molecule has 1 amide bonds. The summed E-state index contributed by atoms with van der Waals surface area (Å²) < 4.78 is 5.08. The van der Waals surface area contributed by atoms with Crippen molar-refractivity contribution >= 4 is 11.9 Å². The molecule has 5 nitrogen and oxygen atoms in total. The van der Waals surface area contributed by atoms with Gasteiger partial charge in [-0.25, -0.2) is 0 Å². The van der Waals surface area contributed by atoms with E-state index in [4.69, 9.17) is 9.84 Å². The lowest BCUT2D eigenvalue weighted by molar-refractivity contribution is -0.139. The van der Waals surface area contributed by atoms with Gasteiger partial charge in [0, 0.05) is 18.7 Å². The van der Waals surface area contributed by atoms with Crippen LogP contribution in [-0.4, -0.2) is 42.1 Å². The zero-order chi connectivity index (χ0) is 15.0. The first-order valence-electron chi connectivity index (χ1n) is 7.22. The Morgan fingerprint density at radius 3 is 2.33 bits per heavy atom. The Hall–Kier alpha value is -2.04. The molecule has 1 aliphatic carbocycles. The molecule has 1 aromatic carbocycles. The van der Waals surface area contributed by atoms with E-state index in [1.54, 1.807) is 31.4 Å². The Morgan fingerprint density at radius 2 is 1.86 bits per heavy atom. The fourth-order valence-corrected chi connectivity index (χ4v) is 3.32. The molecule has 1 N–H and O–H groups in total. The molecule has 0 aromatic heterocycles. The fraction of sp³-hybridized carbons (Fsp3) is 0.500. The van der Waals surface area contributed by atoms with Gasteiger partial charge >= 0.3 is 5.97 Å². The smallest absolute Gasteiger partial charge is 0.307 e. The van der Waals surface area contributed by atoms with Crippen LogP contribution in [0, 0.1) is 11.3 Å². The third-order valence-electron chi connectivity index (χ3n) is 4.87. The van der Waals surface area contributed by atoms with Crippen molar-refractivity contribution in [1.29, 1.82) is 0 Å². The van der Waals surface area contributed by atoms with Crippen LogP contribution in [0.2, 0.25) is 0 Å². The van der Waals surface area contributed by atoms with Gasteiger partial charge in [-0.2, -0.15) is 0 Å². The number of aliphatic carboxylic acids is 1. The van der Waals surface area contributed by atoms with E-state index >= 15 is 0 Å². The molecule has 2 aliphatic rings. The highest BCUT2D eigenvalue weighted by Gasteiger charge is 2.59. The molecule has 21 heavy (non-hydrogen) atoms. The standard InChI is InChI=1S/C16H19NO4/c1-21-12-4-2-11(3-5-12)14(18)17-8-6-16(7-9-17)10-13(16)15(19)20/h2-5,13H,6-10H2,1H3,(H,19,20). The summed E-state index contributed by atoms with van der Waals surface area (Å²) in [6, 6.07) is 7.09. The summed E-state index contributed by atoms with van der Waals surface area (Å²) in [5.41, 5.74) is 0.611. The highest BCUT2D eigenvalue weighted by molar-refractivity contribution is 5.94. The summed E-state index contributed by atoms with van der Waals surface area (Å²) in [6.07, 6.45) is 2.37. The van der Waals surface area contributed by atoms with Gasteiger partial charge in [-0.3, -0.25) is 9.59 Å². The van der Waals surface area contributed by atoms with Crippen LogP contribution in [-0.2, 0) is 4.79 Å². The van der Waals surface area contributed by atoms with E-state index in [9.17, 15) is 9.59 Å². The van der Waals surface area contributed by atoms with Crippen LogP contribution >= 0.6 is 0 Å². The second kappa shape index (κ2) is 5.06. The zero-order valence-corrected chi connectivity index (χ0v) is 12.0. The summed E-state index contributed by atoms with van der Waals surface area (Å²) >= 11 is 0. The Kier molecular flexibility index (Phi) is 3.35. The molecule has 0 radical (unpaired) electrons. The van der Waals surface area contributed by atoms with Crippen molar-refractivity contribution in [2.75, 3.05) is 20.2 Å². The summed E-state index contributed by atoms with van der Waals surface area (Å²) in [5.74, 6) is -0.146. The van der Waals surface area contributed by atoms with Gasteiger partial charge in [0.1, 0.15) is 5.75 Å². The molecule has 1 aromatic rings. The zero-order valence-electron chi connectivity index (χ0n) is 12.0. The van der Waals surface area contributed by atoms with Crippen LogP contribution in [0.15, 0.2) is 24.3 Å².